The van der Waals surface area contributed by atoms with Gasteiger partial charge in [0.25, 0.3) is 0 Å². The molecular weight excluding hydrogens is 326 g/mol. The van der Waals surface area contributed by atoms with Gasteiger partial charge >= 0.3 is 0 Å². The maximum Gasteiger partial charge on any atom is 0.226 e. The summed E-state index contributed by atoms with van der Waals surface area (Å²) in [5.41, 5.74) is 5.77. The fourth-order valence-corrected chi connectivity index (χ4v) is 4.12. The molecule has 1 saturated carbocycles. The molecule has 2 fully saturated rings. The van der Waals surface area contributed by atoms with Crippen molar-refractivity contribution in [1.29, 1.82) is 0 Å². The van der Waals surface area contributed by atoms with Crippen LogP contribution in [0.1, 0.15) is 32.1 Å². The number of hydrogen-bond acceptors (Lipinski definition) is 4. The summed E-state index contributed by atoms with van der Waals surface area (Å²) >= 11 is 0. The third-order valence-corrected chi connectivity index (χ3v) is 5.43. The number of sulfonamides is 1. The number of amides is 1. The van der Waals surface area contributed by atoms with E-state index in [1.165, 1.54) is 6.26 Å². The molecule has 130 valence electrons. The molecule has 1 aliphatic carbocycles. The molecular formula is C14H28ClN3O3S. The number of piperidine rings is 1. The maximum absolute atomic E-state index is 12.6. The first-order valence-corrected chi connectivity index (χ1v) is 9.73. The second-order valence-electron chi connectivity index (χ2n) is 6.45. The van der Waals surface area contributed by atoms with Crippen LogP contribution in [0.2, 0.25) is 0 Å². The third-order valence-electron chi connectivity index (χ3n) is 4.74. The quantitative estimate of drug-likeness (QED) is 0.755. The first-order valence-electron chi connectivity index (χ1n) is 7.84. The molecule has 1 saturated heterocycles. The van der Waals surface area contributed by atoms with Crippen LogP contribution >= 0.6 is 12.4 Å². The highest BCUT2D eigenvalue weighted by Crippen LogP contribution is 2.33. The zero-order valence-electron chi connectivity index (χ0n) is 13.2. The lowest BCUT2D eigenvalue weighted by atomic mass is 9.92. The van der Waals surface area contributed by atoms with Gasteiger partial charge in [-0.25, -0.2) is 13.1 Å². The van der Waals surface area contributed by atoms with Crippen LogP contribution in [0.25, 0.3) is 0 Å². The number of halogens is 1. The predicted octanol–water partition coefficient (Wildman–Crippen LogP) is 0.571. The maximum atomic E-state index is 12.6. The fourth-order valence-electron chi connectivity index (χ4n) is 3.58. The minimum atomic E-state index is -3.16. The number of likely N-dealkylation sites (tertiary alicyclic amines) is 1. The molecule has 2 rings (SSSR count). The van der Waals surface area contributed by atoms with E-state index in [1.54, 1.807) is 0 Å². The molecule has 3 atom stereocenters. The lowest BCUT2D eigenvalue weighted by Crippen LogP contribution is -2.46. The van der Waals surface area contributed by atoms with Crippen LogP contribution in [0.15, 0.2) is 0 Å². The standard InChI is InChI=1S/C14H27N3O3S.ClH/c1-21(19,20)16-9-11-4-3-7-17(10-11)14(18)13-6-2-5-12(13)8-15;/h11-13,16H,2-10,15H2,1H3;1H/t11?,12-,13-;/m1./s1. The summed E-state index contributed by atoms with van der Waals surface area (Å²) in [4.78, 5) is 14.6. The number of nitrogens with zero attached hydrogens (tertiary/aromatic N) is 1. The van der Waals surface area contributed by atoms with E-state index >= 15 is 0 Å². The Hall–Kier alpha value is -0.370. The van der Waals surface area contributed by atoms with Crippen molar-refractivity contribution in [3.63, 3.8) is 0 Å². The SMILES string of the molecule is CS(=O)(=O)NCC1CCCN(C(=O)[C@@H]2CCC[C@@H]2CN)C1.Cl. The number of nitrogens with two attached hydrogens (primary N) is 1. The number of carbonyl (C=O) groups is 1. The summed E-state index contributed by atoms with van der Waals surface area (Å²) in [5, 5.41) is 0. The van der Waals surface area contributed by atoms with Crippen molar-refractivity contribution in [2.45, 2.75) is 32.1 Å². The van der Waals surface area contributed by atoms with Gasteiger partial charge in [-0.1, -0.05) is 6.42 Å². The molecule has 1 unspecified atom stereocenters. The van der Waals surface area contributed by atoms with Crippen LogP contribution < -0.4 is 10.5 Å². The van der Waals surface area contributed by atoms with E-state index in [0.717, 1.165) is 38.6 Å². The largest absolute Gasteiger partial charge is 0.342 e. The average Bonchev–Trinajstić information content (AvgIpc) is 2.92. The lowest BCUT2D eigenvalue weighted by molar-refractivity contribution is -0.138. The van der Waals surface area contributed by atoms with Crippen molar-refractivity contribution >= 4 is 28.3 Å². The molecule has 22 heavy (non-hydrogen) atoms. The Morgan fingerprint density at radius 2 is 2.00 bits per heavy atom. The molecule has 1 heterocycles. The highest BCUT2D eigenvalue weighted by atomic mass is 35.5. The Morgan fingerprint density at radius 3 is 2.64 bits per heavy atom. The van der Waals surface area contributed by atoms with E-state index in [9.17, 15) is 13.2 Å². The fraction of sp³-hybridized carbons (Fsp3) is 0.929. The van der Waals surface area contributed by atoms with Gasteiger partial charge in [0.05, 0.1) is 6.26 Å². The third kappa shape index (κ3) is 5.37. The highest BCUT2D eigenvalue weighted by Gasteiger charge is 2.36. The van der Waals surface area contributed by atoms with E-state index in [2.05, 4.69) is 4.72 Å². The molecule has 3 N–H and O–H groups in total. The Kier molecular flexibility index (Phi) is 7.58. The van der Waals surface area contributed by atoms with Crippen molar-refractivity contribution in [2.24, 2.45) is 23.5 Å². The van der Waals surface area contributed by atoms with E-state index in [-0.39, 0.29) is 30.2 Å². The summed E-state index contributed by atoms with van der Waals surface area (Å²) in [6, 6.07) is 0. The van der Waals surface area contributed by atoms with Crippen molar-refractivity contribution in [3.8, 4) is 0 Å². The Bertz CT molecular complexity index is 472. The Morgan fingerprint density at radius 1 is 1.27 bits per heavy atom. The summed E-state index contributed by atoms with van der Waals surface area (Å²) in [6.45, 7) is 2.47. The summed E-state index contributed by atoms with van der Waals surface area (Å²) < 4.78 is 24.9. The molecule has 6 nitrogen and oxygen atoms in total. The van der Waals surface area contributed by atoms with Crippen LogP contribution in [0, 0.1) is 17.8 Å². The van der Waals surface area contributed by atoms with Gasteiger partial charge in [-0.2, -0.15) is 0 Å². The number of nitrogens with one attached hydrogen (secondary N) is 1. The van der Waals surface area contributed by atoms with E-state index in [0.29, 0.717) is 25.6 Å². The van der Waals surface area contributed by atoms with Gasteiger partial charge in [-0.15, -0.1) is 12.4 Å². The van der Waals surface area contributed by atoms with Crippen molar-refractivity contribution in [2.75, 3.05) is 32.4 Å². The van der Waals surface area contributed by atoms with E-state index < -0.39 is 10.0 Å². The summed E-state index contributed by atoms with van der Waals surface area (Å²) in [6.07, 6.45) is 6.18. The Balaban J connectivity index is 0.00000242. The molecule has 0 bridgehead atoms. The van der Waals surface area contributed by atoms with Crippen molar-refractivity contribution in [3.05, 3.63) is 0 Å². The highest BCUT2D eigenvalue weighted by molar-refractivity contribution is 7.88. The molecule has 2 aliphatic rings. The molecule has 1 aliphatic heterocycles. The number of carbonyl (C=O) groups excluding carboxylic acids is 1. The van der Waals surface area contributed by atoms with Crippen LogP contribution in [0.5, 0.6) is 0 Å². The smallest absolute Gasteiger partial charge is 0.226 e. The van der Waals surface area contributed by atoms with Gasteiger partial charge in [-0.05, 0) is 44.1 Å². The summed E-state index contributed by atoms with van der Waals surface area (Å²) in [5.74, 6) is 0.853. The van der Waals surface area contributed by atoms with E-state index in [4.69, 9.17) is 5.73 Å². The van der Waals surface area contributed by atoms with Gasteiger partial charge in [0.2, 0.25) is 15.9 Å². The molecule has 1 amide bonds. The first kappa shape index (κ1) is 19.7. The second kappa shape index (κ2) is 8.47. The number of hydrogen-bond donors (Lipinski definition) is 2. The molecule has 0 aromatic heterocycles. The average molecular weight is 354 g/mol. The van der Waals surface area contributed by atoms with Crippen LogP contribution in [0.3, 0.4) is 0 Å². The predicted molar refractivity (Wildman–Crippen MR) is 89.3 cm³/mol. The minimum absolute atomic E-state index is 0. The monoisotopic (exact) mass is 353 g/mol. The van der Waals surface area contributed by atoms with Gasteiger partial charge in [0.1, 0.15) is 0 Å². The molecule has 0 radical (unpaired) electrons. The first-order chi connectivity index (χ1) is 9.90. The van der Waals surface area contributed by atoms with Gasteiger partial charge < -0.3 is 10.6 Å². The van der Waals surface area contributed by atoms with Gasteiger partial charge in [0.15, 0.2) is 0 Å². The molecule has 0 spiro atoms. The molecule has 0 aromatic carbocycles. The second-order valence-corrected chi connectivity index (χ2v) is 8.28. The van der Waals surface area contributed by atoms with Crippen LogP contribution in [-0.2, 0) is 14.8 Å². The van der Waals surface area contributed by atoms with Gasteiger partial charge in [0, 0.05) is 25.6 Å². The van der Waals surface area contributed by atoms with E-state index in [1.807, 2.05) is 4.90 Å². The molecule has 8 heteroatoms. The summed E-state index contributed by atoms with van der Waals surface area (Å²) in [7, 11) is -3.16. The minimum Gasteiger partial charge on any atom is -0.342 e. The molecule has 0 aromatic rings. The Labute approximate surface area is 139 Å². The normalized spacial score (nSPS) is 29.2. The van der Waals surface area contributed by atoms with Crippen molar-refractivity contribution < 1.29 is 13.2 Å². The lowest BCUT2D eigenvalue weighted by Gasteiger charge is -2.35. The van der Waals surface area contributed by atoms with Gasteiger partial charge in [-0.3, -0.25) is 4.79 Å². The zero-order valence-corrected chi connectivity index (χ0v) is 14.8. The van der Waals surface area contributed by atoms with Crippen LogP contribution in [-0.4, -0.2) is 51.7 Å². The van der Waals surface area contributed by atoms with Crippen LogP contribution in [0.4, 0.5) is 0 Å². The zero-order chi connectivity index (χ0) is 15.5. The topological polar surface area (TPSA) is 92.5 Å². The number of rotatable bonds is 5. The van der Waals surface area contributed by atoms with Crippen molar-refractivity contribution in [1.82, 2.24) is 9.62 Å².